The second-order valence-corrected chi connectivity index (χ2v) is 4.94. The molecule has 2 rings (SSSR count). The first-order valence-corrected chi connectivity index (χ1v) is 6.18. The highest BCUT2D eigenvalue weighted by molar-refractivity contribution is 6.35. The van der Waals surface area contributed by atoms with Crippen molar-refractivity contribution in [2.75, 3.05) is 0 Å². The second-order valence-electron chi connectivity index (χ2n) is 4.10. The molecule has 0 amide bonds. The quantitative estimate of drug-likeness (QED) is 0.863. The molecule has 1 N–H and O–H groups in total. The molecule has 1 aromatic carbocycles. The number of hydrogen-bond donors (Lipinski definition) is 1. The highest BCUT2D eigenvalue weighted by Gasteiger charge is 2.14. The Labute approximate surface area is 113 Å². The first-order chi connectivity index (χ1) is 7.25. The molecule has 1 aliphatic carbocycles. The minimum absolute atomic E-state index is 0. The van der Waals surface area contributed by atoms with Gasteiger partial charge in [-0.2, -0.15) is 0 Å². The van der Waals surface area contributed by atoms with Gasteiger partial charge in [0.1, 0.15) is 0 Å². The van der Waals surface area contributed by atoms with E-state index in [9.17, 15) is 0 Å². The first-order valence-electron chi connectivity index (χ1n) is 5.43. The summed E-state index contributed by atoms with van der Waals surface area (Å²) in [6.45, 7) is 0.848. The van der Waals surface area contributed by atoms with Gasteiger partial charge in [0.15, 0.2) is 0 Å². The number of nitrogens with one attached hydrogen (secondary N) is 1. The molecule has 0 aromatic heterocycles. The summed E-state index contributed by atoms with van der Waals surface area (Å²) >= 11 is 11.9. The van der Waals surface area contributed by atoms with Crippen molar-refractivity contribution >= 4 is 35.6 Å². The van der Waals surface area contributed by atoms with Crippen LogP contribution >= 0.6 is 35.6 Å². The van der Waals surface area contributed by atoms with E-state index < -0.39 is 0 Å². The molecule has 0 radical (unpaired) electrons. The Kier molecular flexibility index (Phi) is 5.91. The van der Waals surface area contributed by atoms with Crippen molar-refractivity contribution in [3.63, 3.8) is 0 Å². The highest BCUT2D eigenvalue weighted by atomic mass is 35.5. The summed E-state index contributed by atoms with van der Waals surface area (Å²) in [5.74, 6) is 0. The van der Waals surface area contributed by atoms with E-state index in [0.717, 1.165) is 17.1 Å². The first kappa shape index (κ1) is 14.1. The summed E-state index contributed by atoms with van der Waals surface area (Å²) in [4.78, 5) is 0. The molecule has 0 spiro atoms. The fourth-order valence-corrected chi connectivity index (χ4v) is 2.52. The Bertz CT molecular complexity index is 335. The molecule has 90 valence electrons. The van der Waals surface area contributed by atoms with E-state index in [1.165, 1.54) is 25.7 Å². The van der Waals surface area contributed by atoms with Gasteiger partial charge in [-0.15, -0.1) is 12.4 Å². The number of benzene rings is 1. The van der Waals surface area contributed by atoms with E-state index >= 15 is 0 Å². The summed E-state index contributed by atoms with van der Waals surface area (Å²) in [5.41, 5.74) is 1.13. The summed E-state index contributed by atoms with van der Waals surface area (Å²) < 4.78 is 0. The zero-order chi connectivity index (χ0) is 10.7. The maximum atomic E-state index is 6.09. The Hall–Kier alpha value is 0.0500. The van der Waals surface area contributed by atoms with Crippen LogP contribution in [0.2, 0.25) is 10.0 Å². The number of hydrogen-bond acceptors (Lipinski definition) is 1. The van der Waals surface area contributed by atoms with Crippen LogP contribution in [0.3, 0.4) is 0 Å². The van der Waals surface area contributed by atoms with Crippen molar-refractivity contribution in [3.05, 3.63) is 33.8 Å². The summed E-state index contributed by atoms with van der Waals surface area (Å²) in [7, 11) is 0. The SMILES string of the molecule is Cl.Clc1ccc(CNC2CCCC2)c(Cl)c1. The lowest BCUT2D eigenvalue weighted by Crippen LogP contribution is -2.25. The molecule has 1 aliphatic rings. The van der Waals surface area contributed by atoms with Gasteiger partial charge in [-0.1, -0.05) is 42.1 Å². The van der Waals surface area contributed by atoms with E-state index in [0.29, 0.717) is 11.1 Å². The normalized spacial score (nSPS) is 16.1. The highest BCUT2D eigenvalue weighted by Crippen LogP contribution is 2.22. The Balaban J connectivity index is 0.00000128. The standard InChI is InChI=1S/C12H15Cl2N.ClH/c13-10-6-5-9(12(14)7-10)8-15-11-3-1-2-4-11;/h5-7,11,15H,1-4,8H2;1H. The lowest BCUT2D eigenvalue weighted by atomic mass is 10.2. The molecule has 1 aromatic rings. The molecule has 0 atom stereocenters. The molecule has 0 aliphatic heterocycles. The number of halogens is 3. The van der Waals surface area contributed by atoms with E-state index in [4.69, 9.17) is 23.2 Å². The molecule has 16 heavy (non-hydrogen) atoms. The topological polar surface area (TPSA) is 12.0 Å². The fourth-order valence-electron chi connectivity index (χ4n) is 2.05. The third-order valence-corrected chi connectivity index (χ3v) is 3.54. The fraction of sp³-hybridized carbons (Fsp3) is 0.500. The Morgan fingerprint density at radius 1 is 1.19 bits per heavy atom. The molecule has 0 heterocycles. The molecule has 0 unspecified atom stereocenters. The predicted octanol–water partition coefficient (Wildman–Crippen LogP) is 4.45. The second kappa shape index (κ2) is 6.70. The van der Waals surface area contributed by atoms with Gasteiger partial charge in [0.25, 0.3) is 0 Å². The number of rotatable bonds is 3. The van der Waals surface area contributed by atoms with Crippen LogP contribution in [0.1, 0.15) is 31.2 Å². The van der Waals surface area contributed by atoms with Gasteiger partial charge < -0.3 is 5.32 Å². The Morgan fingerprint density at radius 2 is 1.88 bits per heavy atom. The van der Waals surface area contributed by atoms with Gasteiger partial charge in [0, 0.05) is 22.6 Å². The van der Waals surface area contributed by atoms with Gasteiger partial charge in [-0.25, -0.2) is 0 Å². The third kappa shape index (κ3) is 3.81. The van der Waals surface area contributed by atoms with Crippen molar-refractivity contribution < 1.29 is 0 Å². The van der Waals surface area contributed by atoms with E-state index in [-0.39, 0.29) is 12.4 Å². The van der Waals surface area contributed by atoms with Crippen LogP contribution < -0.4 is 5.32 Å². The van der Waals surface area contributed by atoms with Gasteiger partial charge in [-0.05, 0) is 30.5 Å². The van der Waals surface area contributed by atoms with Gasteiger partial charge >= 0.3 is 0 Å². The average Bonchev–Trinajstić information content (AvgIpc) is 2.69. The van der Waals surface area contributed by atoms with Crippen LogP contribution in [-0.2, 0) is 6.54 Å². The maximum Gasteiger partial charge on any atom is 0.0465 e. The van der Waals surface area contributed by atoms with Gasteiger partial charge in [-0.3, -0.25) is 0 Å². The summed E-state index contributed by atoms with van der Waals surface area (Å²) in [6, 6.07) is 6.36. The van der Waals surface area contributed by atoms with Crippen molar-refractivity contribution in [3.8, 4) is 0 Å². The molecule has 4 heteroatoms. The summed E-state index contributed by atoms with van der Waals surface area (Å²) in [5, 5.41) is 4.99. The third-order valence-electron chi connectivity index (χ3n) is 2.95. The van der Waals surface area contributed by atoms with Crippen molar-refractivity contribution in [2.24, 2.45) is 0 Å². The summed E-state index contributed by atoms with van der Waals surface area (Å²) in [6.07, 6.45) is 5.30. The maximum absolute atomic E-state index is 6.09. The average molecular weight is 281 g/mol. The van der Waals surface area contributed by atoms with Crippen molar-refractivity contribution in [1.82, 2.24) is 5.32 Å². The van der Waals surface area contributed by atoms with Crippen LogP contribution in [0.4, 0.5) is 0 Å². The van der Waals surface area contributed by atoms with Gasteiger partial charge in [0.05, 0.1) is 0 Å². The van der Waals surface area contributed by atoms with Gasteiger partial charge in [0.2, 0.25) is 0 Å². The van der Waals surface area contributed by atoms with Crippen LogP contribution in [0.15, 0.2) is 18.2 Å². The van der Waals surface area contributed by atoms with Crippen molar-refractivity contribution in [1.29, 1.82) is 0 Å². The minimum atomic E-state index is 0. The van der Waals surface area contributed by atoms with Crippen LogP contribution in [-0.4, -0.2) is 6.04 Å². The molecule has 1 nitrogen and oxygen atoms in total. The lowest BCUT2D eigenvalue weighted by Gasteiger charge is -2.12. The van der Waals surface area contributed by atoms with E-state index in [2.05, 4.69) is 5.32 Å². The molecule has 0 bridgehead atoms. The monoisotopic (exact) mass is 279 g/mol. The molecule has 0 saturated heterocycles. The molecular weight excluding hydrogens is 264 g/mol. The molecule has 1 saturated carbocycles. The lowest BCUT2D eigenvalue weighted by molar-refractivity contribution is 0.524. The zero-order valence-electron chi connectivity index (χ0n) is 9.01. The van der Waals surface area contributed by atoms with Crippen molar-refractivity contribution in [2.45, 2.75) is 38.3 Å². The minimum Gasteiger partial charge on any atom is -0.310 e. The van der Waals surface area contributed by atoms with Crippen LogP contribution in [0.5, 0.6) is 0 Å². The van der Waals surface area contributed by atoms with E-state index in [1.807, 2.05) is 12.1 Å². The predicted molar refractivity (Wildman–Crippen MR) is 72.8 cm³/mol. The zero-order valence-corrected chi connectivity index (χ0v) is 11.3. The molecular formula is C12H16Cl3N. The molecule has 1 fully saturated rings. The Morgan fingerprint density at radius 3 is 2.50 bits per heavy atom. The largest absolute Gasteiger partial charge is 0.310 e. The van der Waals surface area contributed by atoms with Crippen LogP contribution in [0.25, 0.3) is 0 Å². The van der Waals surface area contributed by atoms with E-state index in [1.54, 1.807) is 6.07 Å². The van der Waals surface area contributed by atoms with Crippen LogP contribution in [0, 0.1) is 0 Å². The smallest absolute Gasteiger partial charge is 0.0465 e.